The Morgan fingerprint density at radius 1 is 1.21 bits per heavy atom. The maximum Gasteiger partial charge on any atom is 0.344 e. The van der Waals surface area contributed by atoms with Crippen LogP contribution in [0.1, 0.15) is 30.6 Å². The number of ketones is 1. The highest BCUT2D eigenvalue weighted by Gasteiger charge is 2.22. The molecule has 1 aromatic carbocycles. The SMILES string of the molecule is CCCN=C(N)C(C(=O)OCC(=O)c1c(F)cccc1F)=C(C)N. The van der Waals surface area contributed by atoms with Crippen LogP contribution in [-0.4, -0.2) is 30.7 Å². The molecule has 0 aliphatic rings. The summed E-state index contributed by atoms with van der Waals surface area (Å²) in [6, 6.07) is 2.99. The molecular formula is C16H19F2N3O3. The Morgan fingerprint density at radius 2 is 1.79 bits per heavy atom. The Balaban J connectivity index is 2.87. The molecule has 1 rings (SSSR count). The molecule has 0 aromatic heterocycles. The molecule has 0 spiro atoms. The van der Waals surface area contributed by atoms with Crippen LogP contribution in [0.4, 0.5) is 8.78 Å². The first-order chi connectivity index (χ1) is 11.3. The van der Waals surface area contributed by atoms with Crippen LogP contribution >= 0.6 is 0 Å². The Labute approximate surface area is 138 Å². The van der Waals surface area contributed by atoms with Gasteiger partial charge in [0.15, 0.2) is 6.61 Å². The molecule has 0 bridgehead atoms. The van der Waals surface area contributed by atoms with E-state index in [4.69, 9.17) is 16.2 Å². The van der Waals surface area contributed by atoms with E-state index >= 15 is 0 Å². The van der Waals surface area contributed by atoms with Gasteiger partial charge in [0.2, 0.25) is 5.78 Å². The minimum absolute atomic E-state index is 0.0573. The first-order valence-electron chi connectivity index (χ1n) is 7.20. The van der Waals surface area contributed by atoms with Crippen molar-refractivity contribution in [3.8, 4) is 0 Å². The van der Waals surface area contributed by atoms with Crippen molar-refractivity contribution in [3.05, 3.63) is 46.7 Å². The van der Waals surface area contributed by atoms with E-state index in [9.17, 15) is 18.4 Å². The summed E-state index contributed by atoms with van der Waals surface area (Å²) in [7, 11) is 0. The van der Waals surface area contributed by atoms with Gasteiger partial charge < -0.3 is 16.2 Å². The van der Waals surface area contributed by atoms with Gasteiger partial charge in [-0.05, 0) is 25.5 Å². The summed E-state index contributed by atoms with van der Waals surface area (Å²) in [6.07, 6.45) is 0.706. The third kappa shape index (κ3) is 4.87. The Morgan fingerprint density at radius 3 is 2.29 bits per heavy atom. The van der Waals surface area contributed by atoms with Gasteiger partial charge in [-0.15, -0.1) is 0 Å². The summed E-state index contributed by atoms with van der Waals surface area (Å²) < 4.78 is 31.8. The summed E-state index contributed by atoms with van der Waals surface area (Å²) in [6.45, 7) is 2.82. The highest BCUT2D eigenvalue weighted by Crippen LogP contribution is 2.13. The average molecular weight is 339 g/mol. The molecule has 24 heavy (non-hydrogen) atoms. The van der Waals surface area contributed by atoms with Gasteiger partial charge in [-0.2, -0.15) is 0 Å². The molecule has 0 heterocycles. The van der Waals surface area contributed by atoms with E-state index in [-0.39, 0.29) is 17.1 Å². The van der Waals surface area contributed by atoms with Crippen LogP contribution in [0.2, 0.25) is 0 Å². The molecular weight excluding hydrogens is 320 g/mol. The molecule has 0 amide bonds. The number of halogens is 2. The summed E-state index contributed by atoms with van der Waals surface area (Å²) in [5.41, 5.74) is 10.4. The maximum absolute atomic E-state index is 13.5. The third-order valence-electron chi connectivity index (χ3n) is 2.94. The number of hydrogen-bond donors (Lipinski definition) is 2. The summed E-state index contributed by atoms with van der Waals surface area (Å²) in [4.78, 5) is 27.8. The fourth-order valence-electron chi connectivity index (χ4n) is 1.82. The van der Waals surface area contributed by atoms with Crippen LogP contribution in [0.25, 0.3) is 0 Å². The number of allylic oxidation sites excluding steroid dienone is 1. The number of esters is 1. The lowest BCUT2D eigenvalue weighted by atomic mass is 10.1. The van der Waals surface area contributed by atoms with Crippen LogP contribution in [0.3, 0.4) is 0 Å². The first kappa shape index (κ1) is 19.3. The van der Waals surface area contributed by atoms with Gasteiger partial charge in [0.05, 0.1) is 5.56 Å². The second-order valence-electron chi connectivity index (χ2n) is 4.92. The van der Waals surface area contributed by atoms with E-state index in [2.05, 4.69) is 4.99 Å². The zero-order chi connectivity index (χ0) is 18.3. The number of rotatable bonds is 7. The minimum atomic E-state index is -1.04. The van der Waals surface area contributed by atoms with E-state index in [1.165, 1.54) is 6.92 Å². The number of nitrogens with two attached hydrogens (primary N) is 2. The van der Waals surface area contributed by atoms with Gasteiger partial charge >= 0.3 is 5.97 Å². The lowest BCUT2D eigenvalue weighted by molar-refractivity contribution is -0.137. The van der Waals surface area contributed by atoms with Crippen molar-refractivity contribution in [3.63, 3.8) is 0 Å². The second kappa shape index (κ2) is 8.76. The monoisotopic (exact) mass is 339 g/mol. The van der Waals surface area contributed by atoms with Crippen molar-refractivity contribution in [2.75, 3.05) is 13.2 Å². The van der Waals surface area contributed by atoms with Crippen LogP contribution in [-0.2, 0) is 9.53 Å². The normalized spacial score (nSPS) is 12.6. The van der Waals surface area contributed by atoms with Gasteiger partial charge in [0, 0.05) is 12.2 Å². The van der Waals surface area contributed by atoms with Crippen LogP contribution in [0.15, 0.2) is 34.5 Å². The molecule has 8 heteroatoms. The molecule has 4 N–H and O–H groups in total. The van der Waals surface area contributed by atoms with Gasteiger partial charge in [-0.1, -0.05) is 13.0 Å². The first-order valence-corrected chi connectivity index (χ1v) is 7.20. The number of amidine groups is 1. The molecule has 1 aromatic rings. The van der Waals surface area contributed by atoms with Crippen LogP contribution in [0, 0.1) is 11.6 Å². The predicted molar refractivity (Wildman–Crippen MR) is 85.3 cm³/mol. The highest BCUT2D eigenvalue weighted by atomic mass is 19.1. The Hall–Kier alpha value is -2.77. The zero-order valence-electron chi connectivity index (χ0n) is 13.4. The smallest absolute Gasteiger partial charge is 0.344 e. The van der Waals surface area contributed by atoms with Crippen LogP contribution in [0.5, 0.6) is 0 Å². The Bertz CT molecular complexity index is 676. The van der Waals surface area contributed by atoms with Crippen molar-refractivity contribution < 1.29 is 23.1 Å². The highest BCUT2D eigenvalue weighted by molar-refractivity contribution is 6.19. The average Bonchev–Trinajstić information content (AvgIpc) is 2.50. The summed E-state index contributed by atoms with van der Waals surface area (Å²) >= 11 is 0. The number of Topliss-reactive ketones (excluding diaryl/α,β-unsaturated/α-hetero) is 1. The lowest BCUT2D eigenvalue weighted by Gasteiger charge is -2.10. The van der Waals surface area contributed by atoms with E-state index in [0.29, 0.717) is 13.0 Å². The minimum Gasteiger partial charge on any atom is -0.454 e. The largest absolute Gasteiger partial charge is 0.454 e. The van der Waals surface area contributed by atoms with Crippen molar-refractivity contribution in [2.45, 2.75) is 20.3 Å². The summed E-state index contributed by atoms with van der Waals surface area (Å²) in [5.74, 6) is -4.20. The van der Waals surface area contributed by atoms with E-state index in [1.54, 1.807) is 0 Å². The van der Waals surface area contributed by atoms with Crippen molar-refractivity contribution in [1.82, 2.24) is 0 Å². The van der Waals surface area contributed by atoms with E-state index < -0.39 is 35.6 Å². The van der Waals surface area contributed by atoms with E-state index in [1.807, 2.05) is 6.92 Å². The fourth-order valence-corrected chi connectivity index (χ4v) is 1.82. The number of ether oxygens (including phenoxy) is 1. The van der Waals surface area contributed by atoms with Crippen molar-refractivity contribution in [2.24, 2.45) is 16.5 Å². The number of carbonyl (C=O) groups is 2. The molecule has 0 atom stereocenters. The van der Waals surface area contributed by atoms with Gasteiger partial charge in [-0.25, -0.2) is 13.6 Å². The number of carbonyl (C=O) groups excluding carboxylic acids is 2. The molecule has 0 aliphatic carbocycles. The molecule has 0 radical (unpaired) electrons. The summed E-state index contributed by atoms with van der Waals surface area (Å²) in [5, 5.41) is 0. The van der Waals surface area contributed by atoms with Crippen molar-refractivity contribution >= 4 is 17.6 Å². The molecule has 0 unspecified atom stereocenters. The quantitative estimate of drug-likeness (QED) is 0.258. The van der Waals surface area contributed by atoms with E-state index in [0.717, 1.165) is 18.2 Å². The number of hydrogen-bond acceptors (Lipinski definition) is 5. The van der Waals surface area contributed by atoms with Crippen molar-refractivity contribution in [1.29, 1.82) is 0 Å². The predicted octanol–water partition coefficient (Wildman–Crippen LogP) is 1.69. The number of aliphatic imine (C=N–C) groups is 1. The molecule has 0 saturated carbocycles. The molecule has 0 fully saturated rings. The van der Waals surface area contributed by atoms with Gasteiger partial charge in [0.1, 0.15) is 23.0 Å². The number of nitrogens with zero attached hydrogens (tertiary/aromatic N) is 1. The second-order valence-corrected chi connectivity index (χ2v) is 4.92. The Kier molecular flexibility index (Phi) is 7.03. The molecule has 6 nitrogen and oxygen atoms in total. The molecule has 0 aliphatic heterocycles. The molecule has 130 valence electrons. The maximum atomic E-state index is 13.5. The third-order valence-corrected chi connectivity index (χ3v) is 2.94. The lowest BCUT2D eigenvalue weighted by Crippen LogP contribution is -2.28. The van der Waals surface area contributed by atoms with Gasteiger partial charge in [0.25, 0.3) is 0 Å². The van der Waals surface area contributed by atoms with Gasteiger partial charge in [-0.3, -0.25) is 9.79 Å². The van der Waals surface area contributed by atoms with Crippen LogP contribution < -0.4 is 11.5 Å². The topological polar surface area (TPSA) is 108 Å². The number of benzene rings is 1. The standard InChI is InChI=1S/C16H19F2N3O3/c1-3-7-21-15(20)13(9(2)19)16(23)24-8-12(22)14-10(17)5-4-6-11(14)18/h4-6H,3,7-8,19H2,1-2H3,(H2,20,21). The fraction of sp³-hybridized carbons (Fsp3) is 0.312. The molecule has 0 saturated heterocycles. The zero-order valence-corrected chi connectivity index (χ0v) is 13.4.